The number of para-hydroxylation sites is 2. The first-order valence-electron chi connectivity index (χ1n) is 8.90. The maximum Gasteiger partial charge on any atom is 0.292 e. The molecule has 0 saturated carbocycles. The van der Waals surface area contributed by atoms with Gasteiger partial charge < -0.3 is 9.32 Å². The molecule has 0 radical (unpaired) electrons. The highest BCUT2D eigenvalue weighted by molar-refractivity contribution is 9.10. The van der Waals surface area contributed by atoms with Crippen molar-refractivity contribution in [3.05, 3.63) is 69.0 Å². The Morgan fingerprint density at radius 2 is 1.75 bits per heavy atom. The van der Waals surface area contributed by atoms with Gasteiger partial charge in [0.15, 0.2) is 0 Å². The van der Waals surface area contributed by atoms with E-state index in [4.69, 9.17) is 4.42 Å². The van der Waals surface area contributed by atoms with E-state index in [1.54, 1.807) is 18.2 Å². The molecule has 0 bridgehead atoms. The maximum atomic E-state index is 11.3. The Kier molecular flexibility index (Phi) is 5.36. The molecule has 8 nitrogen and oxygen atoms in total. The molecule has 0 unspecified atom stereocenters. The normalized spacial score (nSPS) is 15.0. The van der Waals surface area contributed by atoms with E-state index < -0.39 is 0 Å². The second kappa shape index (κ2) is 8.07. The lowest BCUT2D eigenvalue weighted by Crippen LogP contribution is -2.46. The van der Waals surface area contributed by atoms with Gasteiger partial charge in [0.25, 0.3) is 5.69 Å². The Morgan fingerprint density at radius 1 is 1.04 bits per heavy atom. The van der Waals surface area contributed by atoms with Gasteiger partial charge in [0.05, 0.1) is 17.0 Å². The number of nitro benzene ring substituents is 1. The molecule has 0 N–H and O–H groups in total. The molecular weight excluding hydrogens is 426 g/mol. The highest BCUT2D eigenvalue weighted by atomic mass is 79.9. The summed E-state index contributed by atoms with van der Waals surface area (Å²) < 4.78 is 6.72. The van der Waals surface area contributed by atoms with E-state index in [1.165, 1.54) is 0 Å². The molecule has 0 amide bonds. The fourth-order valence-electron chi connectivity index (χ4n) is 3.29. The predicted octanol–water partition coefficient (Wildman–Crippen LogP) is 3.73. The Labute approximate surface area is 170 Å². The first kappa shape index (κ1) is 18.6. The van der Waals surface area contributed by atoms with Crippen molar-refractivity contribution in [2.75, 3.05) is 31.1 Å². The van der Waals surface area contributed by atoms with Crippen LogP contribution in [0.1, 0.15) is 5.89 Å². The van der Waals surface area contributed by atoms with Crippen molar-refractivity contribution in [2.45, 2.75) is 6.54 Å². The molecule has 2 aromatic carbocycles. The summed E-state index contributed by atoms with van der Waals surface area (Å²) in [7, 11) is 0. The third-order valence-electron chi connectivity index (χ3n) is 4.72. The summed E-state index contributed by atoms with van der Waals surface area (Å²) in [6.07, 6.45) is 0. The van der Waals surface area contributed by atoms with Gasteiger partial charge in [0.1, 0.15) is 5.69 Å². The average Bonchev–Trinajstić information content (AvgIpc) is 3.17. The van der Waals surface area contributed by atoms with E-state index in [1.807, 2.05) is 30.3 Å². The number of anilines is 1. The van der Waals surface area contributed by atoms with Gasteiger partial charge in [-0.05, 0) is 34.1 Å². The first-order chi connectivity index (χ1) is 13.6. The third kappa shape index (κ3) is 3.90. The standard InChI is InChI=1S/C19H18BrN5O3/c20-15-6-2-1-5-14(15)19-22-21-18(28-19)13-23-9-11-24(12-10-23)16-7-3-4-8-17(16)25(26)27/h1-8H,9-13H2. The van der Waals surface area contributed by atoms with Gasteiger partial charge in [0.2, 0.25) is 11.8 Å². The molecule has 1 aromatic heterocycles. The fraction of sp³-hybridized carbons (Fsp3) is 0.263. The number of benzene rings is 2. The minimum atomic E-state index is -0.330. The summed E-state index contributed by atoms with van der Waals surface area (Å²) in [5.41, 5.74) is 1.68. The molecule has 1 aliphatic rings. The van der Waals surface area contributed by atoms with Crippen molar-refractivity contribution < 1.29 is 9.34 Å². The molecule has 0 atom stereocenters. The number of hydrogen-bond acceptors (Lipinski definition) is 7. The van der Waals surface area contributed by atoms with Crippen molar-refractivity contribution in [3.63, 3.8) is 0 Å². The number of rotatable bonds is 5. The molecule has 144 valence electrons. The third-order valence-corrected chi connectivity index (χ3v) is 5.41. The molecular formula is C19H18BrN5O3. The Morgan fingerprint density at radius 3 is 2.50 bits per heavy atom. The Balaban J connectivity index is 1.39. The summed E-state index contributed by atoms with van der Waals surface area (Å²) in [4.78, 5) is 15.2. The smallest absolute Gasteiger partial charge is 0.292 e. The van der Waals surface area contributed by atoms with Gasteiger partial charge in [-0.3, -0.25) is 15.0 Å². The van der Waals surface area contributed by atoms with Crippen LogP contribution in [0.3, 0.4) is 0 Å². The van der Waals surface area contributed by atoms with Crippen LogP contribution in [0, 0.1) is 10.1 Å². The molecule has 28 heavy (non-hydrogen) atoms. The highest BCUT2D eigenvalue weighted by Gasteiger charge is 2.24. The molecule has 1 fully saturated rings. The summed E-state index contributed by atoms with van der Waals surface area (Å²) >= 11 is 3.49. The maximum absolute atomic E-state index is 11.3. The quantitative estimate of drug-likeness (QED) is 0.438. The zero-order chi connectivity index (χ0) is 19.5. The van der Waals surface area contributed by atoms with Gasteiger partial charge in [0, 0.05) is 36.7 Å². The lowest BCUT2D eigenvalue weighted by molar-refractivity contribution is -0.384. The number of nitro groups is 1. The Bertz CT molecular complexity index is 985. The van der Waals surface area contributed by atoms with Gasteiger partial charge >= 0.3 is 0 Å². The van der Waals surface area contributed by atoms with Crippen LogP contribution in [0.2, 0.25) is 0 Å². The van der Waals surface area contributed by atoms with Crippen LogP contribution < -0.4 is 4.90 Å². The van der Waals surface area contributed by atoms with Crippen LogP contribution in [0.15, 0.2) is 57.4 Å². The van der Waals surface area contributed by atoms with Crippen LogP contribution >= 0.6 is 15.9 Å². The fourth-order valence-corrected chi connectivity index (χ4v) is 3.74. The largest absolute Gasteiger partial charge is 0.419 e. The van der Waals surface area contributed by atoms with Crippen LogP contribution in [0.4, 0.5) is 11.4 Å². The highest BCUT2D eigenvalue weighted by Crippen LogP contribution is 2.29. The minimum absolute atomic E-state index is 0.144. The van der Waals surface area contributed by atoms with Crippen LogP contribution in [0.25, 0.3) is 11.5 Å². The Hall–Kier alpha value is -2.78. The molecule has 2 heterocycles. The zero-order valence-corrected chi connectivity index (χ0v) is 16.6. The van der Waals surface area contributed by atoms with Crippen LogP contribution in [0.5, 0.6) is 0 Å². The van der Waals surface area contributed by atoms with E-state index in [-0.39, 0.29) is 10.6 Å². The second-order valence-corrected chi connectivity index (χ2v) is 7.34. The van der Waals surface area contributed by atoms with E-state index in [0.717, 1.165) is 23.1 Å². The molecule has 0 aliphatic carbocycles. The van der Waals surface area contributed by atoms with Crippen LogP contribution in [-0.4, -0.2) is 46.2 Å². The van der Waals surface area contributed by atoms with Gasteiger partial charge in [-0.2, -0.15) is 0 Å². The molecule has 4 rings (SSSR count). The second-order valence-electron chi connectivity index (χ2n) is 6.49. The topological polar surface area (TPSA) is 88.5 Å². The summed E-state index contributed by atoms with van der Waals surface area (Å²) in [5, 5.41) is 19.6. The SMILES string of the molecule is O=[N+]([O-])c1ccccc1N1CCN(Cc2nnc(-c3ccccc3Br)o2)CC1. The molecule has 3 aromatic rings. The van der Waals surface area contributed by atoms with E-state index in [2.05, 4.69) is 35.9 Å². The first-order valence-corrected chi connectivity index (χ1v) is 9.69. The molecule has 1 saturated heterocycles. The monoisotopic (exact) mass is 443 g/mol. The lowest BCUT2D eigenvalue weighted by Gasteiger charge is -2.35. The van der Waals surface area contributed by atoms with E-state index in [0.29, 0.717) is 37.1 Å². The van der Waals surface area contributed by atoms with Gasteiger partial charge in [-0.1, -0.05) is 24.3 Å². The van der Waals surface area contributed by atoms with Crippen LogP contribution in [-0.2, 0) is 6.54 Å². The van der Waals surface area contributed by atoms with Gasteiger partial charge in [-0.25, -0.2) is 0 Å². The lowest BCUT2D eigenvalue weighted by atomic mass is 10.2. The predicted molar refractivity (Wildman–Crippen MR) is 108 cm³/mol. The zero-order valence-electron chi connectivity index (χ0n) is 15.0. The molecule has 1 aliphatic heterocycles. The van der Waals surface area contributed by atoms with Gasteiger partial charge in [-0.15, -0.1) is 10.2 Å². The average molecular weight is 444 g/mol. The number of aromatic nitrogens is 2. The molecule has 9 heteroatoms. The van der Waals surface area contributed by atoms with Crippen molar-refractivity contribution in [1.29, 1.82) is 0 Å². The molecule has 0 spiro atoms. The summed E-state index contributed by atoms with van der Waals surface area (Å²) in [6.45, 7) is 3.49. The number of nitrogens with zero attached hydrogens (tertiary/aromatic N) is 5. The number of halogens is 1. The summed E-state index contributed by atoms with van der Waals surface area (Å²) in [5.74, 6) is 1.05. The van der Waals surface area contributed by atoms with Crippen molar-refractivity contribution >= 4 is 27.3 Å². The van der Waals surface area contributed by atoms with E-state index in [9.17, 15) is 10.1 Å². The summed E-state index contributed by atoms with van der Waals surface area (Å²) in [6, 6.07) is 14.6. The van der Waals surface area contributed by atoms with Crippen molar-refractivity contribution in [2.24, 2.45) is 0 Å². The van der Waals surface area contributed by atoms with E-state index >= 15 is 0 Å². The minimum Gasteiger partial charge on any atom is -0.419 e. The van der Waals surface area contributed by atoms with Crippen molar-refractivity contribution in [1.82, 2.24) is 15.1 Å². The number of hydrogen-bond donors (Lipinski definition) is 0. The number of piperazine rings is 1. The van der Waals surface area contributed by atoms with Crippen molar-refractivity contribution in [3.8, 4) is 11.5 Å².